The summed E-state index contributed by atoms with van der Waals surface area (Å²) >= 11 is 0. The van der Waals surface area contributed by atoms with Crippen LogP contribution in [0.2, 0.25) is 0 Å². The summed E-state index contributed by atoms with van der Waals surface area (Å²) in [5, 5.41) is 32.2. The Morgan fingerprint density at radius 3 is 2.21 bits per heavy atom. The predicted octanol–water partition coefficient (Wildman–Crippen LogP) is -0.401. The van der Waals surface area contributed by atoms with Crippen LogP contribution in [0.25, 0.3) is 11.1 Å². The van der Waals surface area contributed by atoms with Crippen molar-refractivity contribution in [1.29, 1.82) is 0 Å². The first-order chi connectivity index (χ1) is 20.2. The monoisotopic (exact) mass is 610 g/mol. The minimum Gasteiger partial charge on any atom is -0.857 e. The van der Waals surface area contributed by atoms with Crippen LogP contribution in [0.15, 0.2) is 54.6 Å². The topological polar surface area (TPSA) is 157 Å². The van der Waals surface area contributed by atoms with E-state index in [1.54, 1.807) is 12.1 Å². The summed E-state index contributed by atoms with van der Waals surface area (Å²) < 4.78 is 11.1. The fourth-order valence-corrected chi connectivity index (χ4v) is 4.10. The van der Waals surface area contributed by atoms with Gasteiger partial charge in [-0.3, -0.25) is 14.4 Å². The van der Waals surface area contributed by atoms with Gasteiger partial charge in [-0.2, -0.15) is 7.11 Å². The van der Waals surface area contributed by atoms with Crippen molar-refractivity contribution >= 4 is 18.1 Å². The van der Waals surface area contributed by atoms with Crippen LogP contribution < -0.4 is 45.3 Å². The van der Waals surface area contributed by atoms with Gasteiger partial charge in [0.2, 0.25) is 11.7 Å². The normalized spacial score (nSPS) is 18.6. The van der Waals surface area contributed by atoms with Gasteiger partial charge in [-0.25, -0.2) is 0 Å². The number of carbonyl (C=O) groups is 3. The van der Waals surface area contributed by atoms with Gasteiger partial charge >= 0.3 is 29.6 Å². The Balaban J connectivity index is 0.000000763. The zero-order chi connectivity index (χ0) is 31.4. The summed E-state index contributed by atoms with van der Waals surface area (Å²) in [4.78, 5) is 34.1. The Morgan fingerprint density at radius 1 is 1.07 bits per heavy atom. The van der Waals surface area contributed by atoms with E-state index in [1.807, 2.05) is 42.5 Å². The van der Waals surface area contributed by atoms with E-state index in [0.717, 1.165) is 37.4 Å². The number of hydrogen-bond acceptors (Lipinski definition) is 8. The Morgan fingerprint density at radius 2 is 1.70 bits per heavy atom. The number of hydrogen-bond donors (Lipinski definition) is 4. The quantitative estimate of drug-likeness (QED) is 0.136. The summed E-state index contributed by atoms with van der Waals surface area (Å²) in [5.74, 6) is -1.44. The van der Waals surface area contributed by atoms with E-state index < -0.39 is 18.0 Å². The molecule has 1 saturated heterocycles. The molecular formula is C32H47N2NaO8. The molecule has 2 aromatic rings. The van der Waals surface area contributed by atoms with Crippen LogP contribution in [0, 0.1) is 0 Å². The molecule has 0 radical (unpaired) electrons. The van der Waals surface area contributed by atoms with E-state index >= 15 is 0 Å². The molecule has 11 heteroatoms. The third kappa shape index (κ3) is 15.9. The number of ether oxygens (including phenoxy) is 2. The smallest absolute Gasteiger partial charge is 0.857 e. The molecule has 2 unspecified atom stereocenters. The van der Waals surface area contributed by atoms with Crippen LogP contribution in [0.5, 0.6) is 0 Å². The van der Waals surface area contributed by atoms with Gasteiger partial charge in [0, 0.05) is 25.5 Å². The van der Waals surface area contributed by atoms with Crippen LogP contribution in [0.1, 0.15) is 69.7 Å². The van der Waals surface area contributed by atoms with Crippen molar-refractivity contribution in [2.75, 3.05) is 26.9 Å². The van der Waals surface area contributed by atoms with Gasteiger partial charge < -0.3 is 35.4 Å². The molecule has 0 spiro atoms. The number of aliphatic hydroxyl groups excluding tert-OH is 2. The van der Waals surface area contributed by atoms with Gasteiger partial charge in [-0.1, -0.05) is 68.7 Å². The minimum atomic E-state index is -1.10. The zero-order valence-corrected chi connectivity index (χ0v) is 28.2. The molecule has 1 heterocycles. The second-order valence-corrected chi connectivity index (χ2v) is 10.0. The van der Waals surface area contributed by atoms with Gasteiger partial charge in [-0.15, -0.1) is 0 Å². The molecule has 1 aliphatic heterocycles. The summed E-state index contributed by atoms with van der Waals surface area (Å²) in [7, 11) is 0.750. The van der Waals surface area contributed by atoms with E-state index in [4.69, 9.17) is 19.7 Å². The second kappa shape index (κ2) is 23.3. The van der Waals surface area contributed by atoms with E-state index in [0.29, 0.717) is 31.6 Å². The molecule has 1 fully saturated rings. The SMILES string of the molecule is CCCCCCO[C@]1(C=O)CCC(NC(C)=O)CO1.C[C@H](O)C(O)CNC(=O)c1ccc(-c2ccccc2)cc1.C[O-].[Na+]. The molecule has 10 nitrogen and oxygen atoms in total. The van der Waals surface area contributed by atoms with Gasteiger partial charge in [0.15, 0.2) is 6.29 Å². The molecule has 2 amide bonds. The molecule has 43 heavy (non-hydrogen) atoms. The summed E-state index contributed by atoms with van der Waals surface area (Å²) in [6, 6.07) is 17.1. The van der Waals surface area contributed by atoms with Gasteiger partial charge in [0.05, 0.1) is 31.5 Å². The maximum Gasteiger partial charge on any atom is 1.00 e. The van der Waals surface area contributed by atoms with Crippen LogP contribution in [-0.4, -0.2) is 79.2 Å². The van der Waals surface area contributed by atoms with E-state index in [9.17, 15) is 19.5 Å². The number of aliphatic hydroxyl groups is 2. The molecule has 4 atom stereocenters. The Labute approximate surface area is 277 Å². The van der Waals surface area contributed by atoms with Crippen molar-refractivity contribution < 1.29 is 68.7 Å². The third-order valence-electron chi connectivity index (χ3n) is 6.58. The molecule has 4 N–H and O–H groups in total. The van der Waals surface area contributed by atoms with Crippen molar-refractivity contribution in [2.45, 2.75) is 83.3 Å². The molecule has 2 aromatic carbocycles. The molecule has 0 aromatic heterocycles. The van der Waals surface area contributed by atoms with Crippen molar-refractivity contribution in [3.63, 3.8) is 0 Å². The molecule has 0 saturated carbocycles. The average molecular weight is 611 g/mol. The Kier molecular flexibility index (Phi) is 22.1. The first kappa shape index (κ1) is 40.9. The maximum absolute atomic E-state index is 11.9. The van der Waals surface area contributed by atoms with Crippen molar-refractivity contribution in [3.05, 3.63) is 60.2 Å². The fraction of sp³-hybridized carbons (Fsp3) is 0.531. The molecular weight excluding hydrogens is 563 g/mol. The number of carbonyl (C=O) groups excluding carboxylic acids is 3. The second-order valence-electron chi connectivity index (χ2n) is 10.0. The van der Waals surface area contributed by atoms with Crippen LogP contribution in [0.4, 0.5) is 0 Å². The van der Waals surface area contributed by atoms with Crippen LogP contribution >= 0.6 is 0 Å². The molecule has 0 aliphatic carbocycles. The van der Waals surface area contributed by atoms with Crippen LogP contribution in [0.3, 0.4) is 0 Å². The number of unbranched alkanes of at least 4 members (excludes halogenated alkanes) is 3. The standard InChI is InChI=1S/C17H19NO3.C14H25NO4.CH3O.Na/c1-12(19)16(20)11-18-17(21)15-9-7-14(8-10-15)13-5-3-2-4-6-13;1-3-4-5-6-9-18-14(11-16)8-7-13(10-19-14)15-12(2)17;1-2;/h2-10,12,16,19-20H,11H2,1H3,(H,18,21);11,13H,3-10H2,1-2H3,(H,15,17);1H3;/q;;-1;+1/t12-,16?;13?,14-;;/m01../s1. The molecule has 234 valence electrons. The van der Waals surface area contributed by atoms with Crippen molar-refractivity contribution in [1.82, 2.24) is 10.6 Å². The Hall–Kier alpha value is -2.15. The van der Waals surface area contributed by atoms with Gasteiger partial charge in [0.1, 0.15) is 0 Å². The van der Waals surface area contributed by atoms with Crippen LogP contribution in [-0.2, 0) is 19.1 Å². The first-order valence-electron chi connectivity index (χ1n) is 14.4. The number of aldehydes is 1. The van der Waals surface area contributed by atoms with E-state index in [1.165, 1.54) is 26.7 Å². The largest absolute Gasteiger partial charge is 1.00 e. The number of benzene rings is 2. The summed E-state index contributed by atoms with van der Waals surface area (Å²) in [6.07, 6.45) is 4.53. The van der Waals surface area contributed by atoms with Crippen molar-refractivity contribution in [2.24, 2.45) is 0 Å². The van der Waals surface area contributed by atoms with Gasteiger partial charge in [-0.05, 0) is 43.0 Å². The first-order valence-corrected chi connectivity index (χ1v) is 14.4. The van der Waals surface area contributed by atoms with Gasteiger partial charge in [0.25, 0.3) is 5.91 Å². The number of amides is 2. The fourth-order valence-electron chi connectivity index (χ4n) is 4.10. The predicted molar refractivity (Wildman–Crippen MR) is 160 cm³/mol. The van der Waals surface area contributed by atoms with Crippen molar-refractivity contribution in [3.8, 4) is 11.1 Å². The minimum absolute atomic E-state index is 0. The maximum atomic E-state index is 11.9. The van der Waals surface area contributed by atoms with E-state index in [2.05, 4.69) is 17.6 Å². The third-order valence-corrected chi connectivity index (χ3v) is 6.58. The van der Waals surface area contributed by atoms with E-state index in [-0.39, 0.29) is 54.0 Å². The average Bonchev–Trinajstić information content (AvgIpc) is 3.02. The molecule has 1 aliphatic rings. The molecule has 0 bridgehead atoms. The zero-order valence-electron chi connectivity index (χ0n) is 26.2. The molecule has 3 rings (SSSR count). The summed E-state index contributed by atoms with van der Waals surface area (Å²) in [6.45, 7) is 6.01. The summed E-state index contributed by atoms with van der Waals surface area (Å²) in [5.41, 5.74) is 2.65. The number of nitrogens with one attached hydrogen (secondary N) is 2. The Bertz CT molecular complexity index is 1030. The number of rotatable bonds is 13.